The molecule has 0 fully saturated rings. The summed E-state index contributed by atoms with van der Waals surface area (Å²) in [6.07, 6.45) is 1.71. The van der Waals surface area contributed by atoms with Gasteiger partial charge in [-0.2, -0.15) is 0 Å². The molecule has 156 valence electrons. The van der Waals surface area contributed by atoms with Crippen molar-refractivity contribution in [1.29, 1.82) is 0 Å². The lowest BCUT2D eigenvalue weighted by molar-refractivity contribution is -0.113. The van der Waals surface area contributed by atoms with Crippen LogP contribution in [0.4, 0.5) is 10.1 Å². The molecule has 1 aromatic heterocycles. The highest BCUT2D eigenvalue weighted by molar-refractivity contribution is 7.99. The van der Waals surface area contributed by atoms with Gasteiger partial charge >= 0.3 is 0 Å². The number of hydrogen-bond donors (Lipinski definition) is 1. The Morgan fingerprint density at radius 1 is 1.30 bits per heavy atom. The van der Waals surface area contributed by atoms with Crippen LogP contribution < -0.4 is 10.1 Å². The lowest BCUT2D eigenvalue weighted by atomic mass is 10.2. The first-order chi connectivity index (χ1) is 14.5. The maximum Gasteiger partial charge on any atom is 0.234 e. The van der Waals surface area contributed by atoms with Crippen LogP contribution in [0.3, 0.4) is 0 Å². The summed E-state index contributed by atoms with van der Waals surface area (Å²) in [5.74, 6) is 0.743. The molecule has 0 spiro atoms. The van der Waals surface area contributed by atoms with E-state index in [4.69, 9.17) is 16.3 Å². The Bertz CT molecular complexity index is 1040. The molecule has 0 bridgehead atoms. The minimum absolute atomic E-state index is 0.153. The highest BCUT2D eigenvalue weighted by Gasteiger charge is 2.15. The van der Waals surface area contributed by atoms with E-state index < -0.39 is 0 Å². The van der Waals surface area contributed by atoms with Crippen LogP contribution in [-0.2, 0) is 17.9 Å². The Kier molecular flexibility index (Phi) is 7.48. The van der Waals surface area contributed by atoms with Gasteiger partial charge in [0.05, 0.1) is 5.75 Å². The smallest absolute Gasteiger partial charge is 0.234 e. The van der Waals surface area contributed by atoms with Crippen molar-refractivity contribution >= 4 is 35.0 Å². The molecular weight excluding hydrogens is 427 g/mol. The zero-order chi connectivity index (χ0) is 21.5. The molecule has 0 aliphatic rings. The van der Waals surface area contributed by atoms with E-state index in [0.717, 1.165) is 5.56 Å². The fourth-order valence-corrected chi connectivity index (χ4v) is 3.52. The third-order valence-corrected chi connectivity index (χ3v) is 5.54. The van der Waals surface area contributed by atoms with Gasteiger partial charge in [-0.25, -0.2) is 4.39 Å². The number of nitrogens with one attached hydrogen (secondary N) is 1. The average Bonchev–Trinajstić information content (AvgIpc) is 3.11. The van der Waals surface area contributed by atoms with Crippen molar-refractivity contribution in [1.82, 2.24) is 14.8 Å². The SMILES string of the molecule is C=CCn1c(COc2ccc(F)cc2)nnc1SCC(=O)Nc1cccc(Cl)c1C. The number of carbonyl (C=O) groups is 1. The number of ether oxygens (including phenoxy) is 1. The van der Waals surface area contributed by atoms with E-state index >= 15 is 0 Å². The topological polar surface area (TPSA) is 69.0 Å². The molecule has 30 heavy (non-hydrogen) atoms. The summed E-state index contributed by atoms with van der Waals surface area (Å²) >= 11 is 7.35. The maximum atomic E-state index is 13.0. The maximum absolute atomic E-state index is 13.0. The number of allylic oxidation sites excluding steroid dienone is 1. The molecule has 0 radical (unpaired) electrons. The Hall–Kier alpha value is -2.84. The molecule has 0 atom stereocenters. The largest absolute Gasteiger partial charge is 0.486 e. The van der Waals surface area contributed by atoms with Gasteiger partial charge in [0.1, 0.15) is 18.2 Å². The Labute approximate surface area is 183 Å². The number of hydrogen-bond acceptors (Lipinski definition) is 5. The van der Waals surface area contributed by atoms with E-state index in [2.05, 4.69) is 22.1 Å². The molecule has 0 aliphatic heterocycles. The van der Waals surface area contributed by atoms with Gasteiger partial charge in [-0.3, -0.25) is 9.36 Å². The molecule has 0 unspecified atom stereocenters. The molecule has 9 heteroatoms. The predicted molar refractivity (Wildman–Crippen MR) is 116 cm³/mol. The van der Waals surface area contributed by atoms with Crippen LogP contribution >= 0.6 is 23.4 Å². The van der Waals surface area contributed by atoms with Crippen LogP contribution in [0, 0.1) is 12.7 Å². The zero-order valence-corrected chi connectivity index (χ0v) is 17.8. The molecule has 2 aromatic carbocycles. The third-order valence-electron chi connectivity index (χ3n) is 4.16. The third kappa shape index (κ3) is 5.61. The van der Waals surface area contributed by atoms with Crippen LogP contribution in [-0.4, -0.2) is 26.4 Å². The van der Waals surface area contributed by atoms with Gasteiger partial charge in [-0.15, -0.1) is 16.8 Å². The number of halogens is 2. The van der Waals surface area contributed by atoms with Gasteiger partial charge in [0, 0.05) is 17.3 Å². The number of rotatable bonds is 9. The molecule has 0 saturated heterocycles. The number of benzene rings is 2. The van der Waals surface area contributed by atoms with Crippen LogP contribution in [0.5, 0.6) is 5.75 Å². The summed E-state index contributed by atoms with van der Waals surface area (Å²) < 4.78 is 20.5. The van der Waals surface area contributed by atoms with Gasteiger partial charge in [-0.05, 0) is 48.9 Å². The van der Waals surface area contributed by atoms with Gasteiger partial charge in [0.25, 0.3) is 0 Å². The van der Waals surface area contributed by atoms with Crippen LogP contribution in [0.2, 0.25) is 5.02 Å². The van der Waals surface area contributed by atoms with Crippen molar-refractivity contribution in [3.63, 3.8) is 0 Å². The first kappa shape index (κ1) is 21.9. The lowest BCUT2D eigenvalue weighted by Gasteiger charge is -2.10. The minimum Gasteiger partial charge on any atom is -0.486 e. The first-order valence-electron chi connectivity index (χ1n) is 9.07. The summed E-state index contributed by atoms with van der Waals surface area (Å²) in [6.45, 7) is 6.22. The van der Waals surface area contributed by atoms with Crippen molar-refractivity contribution in [3.8, 4) is 5.75 Å². The molecule has 3 rings (SSSR count). The molecule has 6 nitrogen and oxygen atoms in total. The minimum atomic E-state index is -0.331. The zero-order valence-electron chi connectivity index (χ0n) is 16.3. The van der Waals surface area contributed by atoms with Gasteiger partial charge in [-0.1, -0.05) is 35.5 Å². The number of anilines is 1. The van der Waals surface area contributed by atoms with Crippen molar-refractivity contribution in [3.05, 3.63) is 77.3 Å². The molecule has 1 N–H and O–H groups in total. The van der Waals surface area contributed by atoms with E-state index in [1.807, 2.05) is 11.5 Å². The first-order valence-corrected chi connectivity index (χ1v) is 10.4. The quantitative estimate of drug-likeness (QED) is 0.375. The second-order valence-electron chi connectivity index (χ2n) is 6.29. The molecule has 0 saturated carbocycles. The Morgan fingerprint density at radius 3 is 2.80 bits per heavy atom. The number of nitrogens with zero attached hydrogens (tertiary/aromatic N) is 3. The number of aromatic nitrogens is 3. The molecule has 1 amide bonds. The summed E-state index contributed by atoms with van der Waals surface area (Å²) in [6, 6.07) is 11.1. The van der Waals surface area contributed by atoms with Gasteiger partial charge in [0.2, 0.25) is 5.91 Å². The second-order valence-corrected chi connectivity index (χ2v) is 7.64. The normalized spacial score (nSPS) is 10.6. The molecule has 3 aromatic rings. The van der Waals surface area contributed by atoms with E-state index in [1.54, 1.807) is 36.4 Å². The van der Waals surface area contributed by atoms with Crippen LogP contribution in [0.15, 0.2) is 60.3 Å². The van der Waals surface area contributed by atoms with Crippen molar-refractivity contribution < 1.29 is 13.9 Å². The molecular formula is C21H20ClFN4O2S. The van der Waals surface area contributed by atoms with Crippen molar-refractivity contribution in [2.24, 2.45) is 0 Å². The number of amides is 1. The summed E-state index contributed by atoms with van der Waals surface area (Å²) in [5.41, 5.74) is 1.49. The van der Waals surface area contributed by atoms with E-state index in [0.29, 0.717) is 34.0 Å². The summed E-state index contributed by atoms with van der Waals surface area (Å²) in [5, 5.41) is 12.3. The summed E-state index contributed by atoms with van der Waals surface area (Å²) in [7, 11) is 0. The predicted octanol–water partition coefficient (Wildman–Crippen LogP) is 4.87. The monoisotopic (exact) mass is 446 g/mol. The fourth-order valence-electron chi connectivity index (χ4n) is 2.58. The summed E-state index contributed by atoms with van der Waals surface area (Å²) in [4.78, 5) is 12.4. The Balaban J connectivity index is 1.62. The van der Waals surface area contributed by atoms with Crippen molar-refractivity contribution in [2.75, 3.05) is 11.1 Å². The highest BCUT2D eigenvalue weighted by Crippen LogP contribution is 2.24. The van der Waals surface area contributed by atoms with E-state index in [-0.39, 0.29) is 24.1 Å². The fraction of sp³-hybridized carbons (Fsp3) is 0.190. The van der Waals surface area contributed by atoms with Crippen molar-refractivity contribution in [2.45, 2.75) is 25.2 Å². The highest BCUT2D eigenvalue weighted by atomic mass is 35.5. The van der Waals surface area contributed by atoms with Gasteiger partial charge < -0.3 is 10.1 Å². The van der Waals surface area contributed by atoms with Crippen LogP contribution in [0.25, 0.3) is 0 Å². The van der Waals surface area contributed by atoms with E-state index in [9.17, 15) is 9.18 Å². The second kappa shape index (κ2) is 10.3. The standard InChI is InChI=1S/C21H20ClFN4O2S/c1-3-11-27-19(12-29-16-9-7-15(23)8-10-16)25-26-21(27)30-13-20(28)24-18-6-4-5-17(22)14(18)2/h3-10H,1,11-13H2,2H3,(H,24,28). The average molecular weight is 447 g/mol. The van der Waals surface area contributed by atoms with Gasteiger partial charge in [0.15, 0.2) is 11.0 Å². The van der Waals surface area contributed by atoms with Crippen LogP contribution in [0.1, 0.15) is 11.4 Å². The molecule has 1 heterocycles. The molecule has 0 aliphatic carbocycles. The lowest BCUT2D eigenvalue weighted by Crippen LogP contribution is -2.15. The number of carbonyl (C=O) groups excluding carboxylic acids is 1. The Morgan fingerprint density at radius 2 is 2.07 bits per heavy atom. The van der Waals surface area contributed by atoms with E-state index in [1.165, 1.54) is 23.9 Å². The number of thioether (sulfide) groups is 1.